The molecule has 0 spiro atoms. The Balaban J connectivity index is 1.41. The van der Waals surface area contributed by atoms with Crippen LogP contribution in [0.1, 0.15) is 77.0 Å². The predicted octanol–water partition coefficient (Wildman–Crippen LogP) is 5.13. The van der Waals surface area contributed by atoms with Crippen LogP contribution in [-0.4, -0.2) is 0 Å². The maximum atomic E-state index is 2.58. The highest BCUT2D eigenvalue weighted by molar-refractivity contribution is 4.75. The van der Waals surface area contributed by atoms with E-state index >= 15 is 0 Å². The molecule has 2 fully saturated rings. The van der Waals surface area contributed by atoms with Crippen molar-refractivity contribution < 1.29 is 0 Å². The van der Waals surface area contributed by atoms with Gasteiger partial charge in [-0.2, -0.15) is 0 Å². The van der Waals surface area contributed by atoms with E-state index in [0.29, 0.717) is 0 Å². The highest BCUT2D eigenvalue weighted by atomic mass is 14.2. The van der Waals surface area contributed by atoms with Crippen molar-refractivity contribution in [2.75, 3.05) is 0 Å². The molecular formula is C15H27. The first kappa shape index (κ1) is 11.5. The van der Waals surface area contributed by atoms with E-state index in [2.05, 4.69) is 6.42 Å². The second-order valence-corrected chi connectivity index (χ2v) is 5.74. The van der Waals surface area contributed by atoms with Crippen molar-refractivity contribution in [3.05, 3.63) is 6.42 Å². The van der Waals surface area contributed by atoms with Gasteiger partial charge >= 0.3 is 0 Å². The summed E-state index contributed by atoms with van der Waals surface area (Å²) in [6.45, 7) is 0. The van der Waals surface area contributed by atoms with Gasteiger partial charge in [0.2, 0.25) is 0 Å². The molecule has 15 heavy (non-hydrogen) atoms. The minimum absolute atomic E-state index is 1.09. The van der Waals surface area contributed by atoms with E-state index in [9.17, 15) is 0 Å². The fourth-order valence-corrected chi connectivity index (χ4v) is 3.45. The van der Waals surface area contributed by atoms with Gasteiger partial charge in [0.15, 0.2) is 0 Å². The highest BCUT2D eigenvalue weighted by Gasteiger charge is 2.15. The molecule has 0 aromatic rings. The molecule has 0 aromatic heterocycles. The molecule has 2 aliphatic rings. The van der Waals surface area contributed by atoms with Gasteiger partial charge in [0.05, 0.1) is 0 Å². The number of hydrogen-bond acceptors (Lipinski definition) is 0. The molecule has 0 heterocycles. The molecule has 0 saturated heterocycles. The summed E-state index contributed by atoms with van der Waals surface area (Å²) < 4.78 is 0. The van der Waals surface area contributed by atoms with Crippen molar-refractivity contribution in [1.82, 2.24) is 0 Å². The molecule has 0 aliphatic heterocycles. The molecule has 0 heteroatoms. The Morgan fingerprint density at radius 2 is 1.07 bits per heavy atom. The van der Waals surface area contributed by atoms with Crippen molar-refractivity contribution in [3.8, 4) is 0 Å². The molecule has 2 saturated carbocycles. The summed E-state index contributed by atoms with van der Waals surface area (Å²) in [5.74, 6) is 2.18. The molecule has 2 aliphatic carbocycles. The summed E-state index contributed by atoms with van der Waals surface area (Å²) >= 11 is 0. The number of rotatable bonds is 6. The Labute approximate surface area is 95.8 Å². The van der Waals surface area contributed by atoms with E-state index in [4.69, 9.17) is 0 Å². The standard InChI is InChI=1S/C15H27/c1(2-8-14-10-4-5-11-14)3-9-15-12-6-7-13-15/h1,14-15H,2-13H2. The van der Waals surface area contributed by atoms with E-state index < -0.39 is 0 Å². The van der Waals surface area contributed by atoms with Gasteiger partial charge in [0.25, 0.3) is 0 Å². The molecule has 0 unspecified atom stereocenters. The molecular weight excluding hydrogens is 180 g/mol. The molecule has 0 aromatic carbocycles. The van der Waals surface area contributed by atoms with Crippen LogP contribution in [0.4, 0.5) is 0 Å². The first-order chi connectivity index (χ1) is 7.45. The molecule has 0 atom stereocenters. The van der Waals surface area contributed by atoms with E-state index in [1.165, 1.54) is 77.0 Å². The molecule has 87 valence electrons. The van der Waals surface area contributed by atoms with Crippen molar-refractivity contribution >= 4 is 0 Å². The lowest BCUT2D eigenvalue weighted by Gasteiger charge is -2.10. The van der Waals surface area contributed by atoms with Gasteiger partial charge in [-0.25, -0.2) is 0 Å². The fourth-order valence-electron chi connectivity index (χ4n) is 3.45. The van der Waals surface area contributed by atoms with Gasteiger partial charge in [-0.3, -0.25) is 0 Å². The SMILES string of the molecule is [CH](CCC1CCCC1)CCC1CCCC1. The van der Waals surface area contributed by atoms with Gasteiger partial charge in [-0.05, 0) is 31.1 Å². The lowest BCUT2D eigenvalue weighted by molar-refractivity contribution is 0.472. The molecule has 0 N–H and O–H groups in total. The van der Waals surface area contributed by atoms with Crippen molar-refractivity contribution in [3.63, 3.8) is 0 Å². The molecule has 0 bridgehead atoms. The van der Waals surface area contributed by atoms with Crippen LogP contribution in [0.15, 0.2) is 0 Å². The quantitative estimate of drug-likeness (QED) is 0.530. The van der Waals surface area contributed by atoms with E-state index in [-0.39, 0.29) is 0 Å². The number of unbranched alkanes of at least 4 members (excludes halogenated alkanes) is 2. The Morgan fingerprint density at radius 3 is 1.47 bits per heavy atom. The lowest BCUT2D eigenvalue weighted by Crippen LogP contribution is -1.95. The monoisotopic (exact) mass is 207 g/mol. The highest BCUT2D eigenvalue weighted by Crippen LogP contribution is 2.31. The summed E-state index contributed by atoms with van der Waals surface area (Å²) in [4.78, 5) is 0. The van der Waals surface area contributed by atoms with E-state index in [1.807, 2.05) is 0 Å². The summed E-state index contributed by atoms with van der Waals surface area (Å²) in [5, 5.41) is 0. The van der Waals surface area contributed by atoms with Crippen LogP contribution in [0.25, 0.3) is 0 Å². The Kier molecular flexibility index (Phi) is 5.02. The van der Waals surface area contributed by atoms with Crippen molar-refractivity contribution in [1.29, 1.82) is 0 Å². The molecule has 1 radical (unpaired) electrons. The Hall–Kier alpha value is 0. The second kappa shape index (κ2) is 6.55. The average Bonchev–Trinajstić information content (AvgIpc) is 2.88. The zero-order valence-electron chi connectivity index (χ0n) is 10.2. The Morgan fingerprint density at radius 1 is 0.667 bits per heavy atom. The first-order valence-corrected chi connectivity index (χ1v) is 7.27. The summed E-state index contributed by atoms with van der Waals surface area (Å²) in [6.07, 6.45) is 20.5. The third-order valence-corrected chi connectivity index (χ3v) is 4.51. The van der Waals surface area contributed by atoms with Gasteiger partial charge in [-0.1, -0.05) is 64.2 Å². The van der Waals surface area contributed by atoms with Gasteiger partial charge in [0.1, 0.15) is 0 Å². The van der Waals surface area contributed by atoms with Crippen LogP contribution in [0.2, 0.25) is 0 Å². The largest absolute Gasteiger partial charge is 0.0530 e. The van der Waals surface area contributed by atoms with Crippen LogP contribution in [0, 0.1) is 18.3 Å². The fraction of sp³-hybridized carbons (Fsp3) is 0.933. The molecule has 0 nitrogen and oxygen atoms in total. The van der Waals surface area contributed by atoms with Gasteiger partial charge in [-0.15, -0.1) is 0 Å². The minimum Gasteiger partial charge on any atom is -0.0530 e. The summed E-state index contributed by atoms with van der Waals surface area (Å²) in [5.41, 5.74) is 0. The van der Waals surface area contributed by atoms with Crippen molar-refractivity contribution in [2.24, 2.45) is 11.8 Å². The van der Waals surface area contributed by atoms with Gasteiger partial charge < -0.3 is 0 Å². The molecule has 0 amide bonds. The van der Waals surface area contributed by atoms with E-state index in [0.717, 1.165) is 11.8 Å². The van der Waals surface area contributed by atoms with Crippen molar-refractivity contribution in [2.45, 2.75) is 77.0 Å². The molecule has 2 rings (SSSR count). The Bertz CT molecular complexity index is 131. The third-order valence-electron chi connectivity index (χ3n) is 4.51. The normalized spacial score (nSPS) is 24.0. The zero-order valence-corrected chi connectivity index (χ0v) is 10.2. The van der Waals surface area contributed by atoms with E-state index in [1.54, 1.807) is 0 Å². The maximum absolute atomic E-state index is 2.58. The minimum atomic E-state index is 1.09. The lowest BCUT2D eigenvalue weighted by atomic mass is 9.96. The summed E-state index contributed by atoms with van der Waals surface area (Å²) in [7, 11) is 0. The zero-order chi connectivity index (χ0) is 10.3. The van der Waals surface area contributed by atoms with Gasteiger partial charge in [0, 0.05) is 0 Å². The third kappa shape index (κ3) is 4.17. The van der Waals surface area contributed by atoms with Crippen LogP contribution in [-0.2, 0) is 0 Å². The summed E-state index contributed by atoms with van der Waals surface area (Å²) in [6, 6.07) is 0. The van der Waals surface area contributed by atoms with Crippen LogP contribution >= 0.6 is 0 Å². The topological polar surface area (TPSA) is 0 Å². The maximum Gasteiger partial charge on any atom is -0.0386 e. The van der Waals surface area contributed by atoms with Crippen LogP contribution in [0.5, 0.6) is 0 Å². The average molecular weight is 207 g/mol. The number of hydrogen-bond donors (Lipinski definition) is 0. The van der Waals surface area contributed by atoms with Crippen LogP contribution < -0.4 is 0 Å². The predicted molar refractivity (Wildman–Crippen MR) is 66.7 cm³/mol. The second-order valence-electron chi connectivity index (χ2n) is 5.74. The van der Waals surface area contributed by atoms with Crippen LogP contribution in [0.3, 0.4) is 0 Å². The first-order valence-electron chi connectivity index (χ1n) is 7.27. The smallest absolute Gasteiger partial charge is 0.0386 e.